The Morgan fingerprint density at radius 2 is 1.90 bits per heavy atom. The number of hydrogen-bond acceptors (Lipinski definition) is 1. The van der Waals surface area contributed by atoms with Crippen molar-refractivity contribution in [1.82, 2.24) is 5.32 Å². The third kappa shape index (κ3) is 4.38. The molecule has 0 amide bonds. The number of nitrogens with one attached hydrogen (secondary N) is 1. The van der Waals surface area contributed by atoms with Crippen molar-refractivity contribution in [1.29, 1.82) is 0 Å². The zero-order chi connectivity index (χ0) is 14.4. The van der Waals surface area contributed by atoms with E-state index in [0.717, 1.165) is 36.4 Å². The van der Waals surface area contributed by atoms with Gasteiger partial charge in [-0.15, -0.1) is 0 Å². The lowest BCUT2D eigenvalue weighted by Crippen LogP contribution is -2.32. The van der Waals surface area contributed by atoms with Crippen molar-refractivity contribution in [2.24, 2.45) is 11.8 Å². The van der Waals surface area contributed by atoms with Gasteiger partial charge in [0, 0.05) is 0 Å². The summed E-state index contributed by atoms with van der Waals surface area (Å²) in [6.45, 7) is 4.49. The molecule has 0 saturated heterocycles. The van der Waals surface area contributed by atoms with Crippen molar-refractivity contribution in [2.75, 3.05) is 13.1 Å². The molecule has 0 bridgehead atoms. The lowest BCUT2D eigenvalue weighted by Gasteiger charge is -2.32. The van der Waals surface area contributed by atoms with Gasteiger partial charge in [0.1, 0.15) is 0 Å². The topological polar surface area (TPSA) is 12.0 Å². The first-order valence-corrected chi connectivity index (χ1v) is 8.61. The Morgan fingerprint density at radius 3 is 2.65 bits per heavy atom. The average molecular weight is 314 g/mol. The van der Waals surface area contributed by atoms with Crippen LogP contribution in [0.3, 0.4) is 0 Å². The van der Waals surface area contributed by atoms with Crippen LogP contribution >= 0.6 is 23.2 Å². The maximum atomic E-state index is 6.34. The maximum absolute atomic E-state index is 6.34. The molecule has 1 aliphatic rings. The normalized spacial score (nSPS) is 22.9. The van der Waals surface area contributed by atoms with Crippen LogP contribution in [0.15, 0.2) is 18.2 Å². The zero-order valence-corrected chi connectivity index (χ0v) is 13.8. The molecule has 2 unspecified atom stereocenters. The highest BCUT2D eigenvalue weighted by atomic mass is 35.5. The van der Waals surface area contributed by atoms with E-state index in [0.29, 0.717) is 5.02 Å². The van der Waals surface area contributed by atoms with Gasteiger partial charge in [0.05, 0.1) is 10.0 Å². The Morgan fingerprint density at radius 1 is 1.15 bits per heavy atom. The molecule has 1 saturated carbocycles. The van der Waals surface area contributed by atoms with Crippen LogP contribution in [0.4, 0.5) is 0 Å². The molecule has 1 aliphatic carbocycles. The van der Waals surface area contributed by atoms with Crippen molar-refractivity contribution in [3.8, 4) is 0 Å². The van der Waals surface area contributed by atoms with Crippen molar-refractivity contribution >= 4 is 23.2 Å². The minimum atomic E-state index is 0.681. The van der Waals surface area contributed by atoms with Gasteiger partial charge in [0.15, 0.2) is 0 Å². The number of hydrogen-bond donors (Lipinski definition) is 1. The molecule has 20 heavy (non-hydrogen) atoms. The standard InChI is InChI=1S/C17H25Cl2N/c1-2-10-20-12-15-7-4-3-6-13(15)11-14-8-5-9-16(18)17(14)19/h5,8-9,13,15,20H,2-4,6-7,10-12H2,1H3. The summed E-state index contributed by atoms with van der Waals surface area (Å²) in [7, 11) is 0. The van der Waals surface area contributed by atoms with Gasteiger partial charge >= 0.3 is 0 Å². The van der Waals surface area contributed by atoms with Crippen LogP contribution in [0.2, 0.25) is 10.0 Å². The maximum Gasteiger partial charge on any atom is 0.0624 e. The molecule has 2 atom stereocenters. The van der Waals surface area contributed by atoms with Crippen LogP contribution in [-0.4, -0.2) is 13.1 Å². The highest BCUT2D eigenvalue weighted by molar-refractivity contribution is 6.42. The molecular weight excluding hydrogens is 289 g/mol. The molecule has 0 heterocycles. The second-order valence-electron chi connectivity index (χ2n) is 5.93. The second-order valence-corrected chi connectivity index (χ2v) is 6.71. The van der Waals surface area contributed by atoms with E-state index in [9.17, 15) is 0 Å². The Bertz CT molecular complexity index is 419. The first kappa shape index (κ1) is 16.1. The highest BCUT2D eigenvalue weighted by Gasteiger charge is 2.25. The van der Waals surface area contributed by atoms with Crippen molar-refractivity contribution in [3.63, 3.8) is 0 Å². The molecule has 0 aliphatic heterocycles. The molecule has 0 aromatic heterocycles. The van der Waals surface area contributed by atoms with Gasteiger partial charge in [-0.1, -0.05) is 55.1 Å². The van der Waals surface area contributed by atoms with Gasteiger partial charge in [0.25, 0.3) is 0 Å². The molecule has 2 rings (SSSR count). The van der Waals surface area contributed by atoms with Gasteiger partial charge in [0.2, 0.25) is 0 Å². The summed E-state index contributed by atoms with van der Waals surface area (Å²) in [5, 5.41) is 5.02. The largest absolute Gasteiger partial charge is 0.316 e. The van der Waals surface area contributed by atoms with E-state index in [1.807, 2.05) is 12.1 Å². The SMILES string of the molecule is CCCNCC1CCCCC1Cc1cccc(Cl)c1Cl. The third-order valence-electron chi connectivity index (χ3n) is 4.41. The number of benzene rings is 1. The van der Waals surface area contributed by atoms with E-state index in [1.54, 1.807) is 0 Å². The van der Waals surface area contributed by atoms with Gasteiger partial charge in [-0.3, -0.25) is 0 Å². The van der Waals surface area contributed by atoms with E-state index in [2.05, 4.69) is 18.3 Å². The predicted octanol–water partition coefficient (Wildman–Crippen LogP) is 5.34. The molecule has 1 fully saturated rings. The van der Waals surface area contributed by atoms with Gasteiger partial charge in [-0.25, -0.2) is 0 Å². The van der Waals surface area contributed by atoms with Crippen LogP contribution in [0, 0.1) is 11.8 Å². The zero-order valence-electron chi connectivity index (χ0n) is 12.3. The predicted molar refractivity (Wildman–Crippen MR) is 88.8 cm³/mol. The quantitative estimate of drug-likeness (QED) is 0.699. The van der Waals surface area contributed by atoms with E-state index in [1.165, 1.54) is 37.7 Å². The van der Waals surface area contributed by atoms with Gasteiger partial charge in [-0.05, 0) is 62.2 Å². The second kappa shape index (κ2) is 8.26. The fourth-order valence-electron chi connectivity index (χ4n) is 3.27. The summed E-state index contributed by atoms with van der Waals surface area (Å²) in [4.78, 5) is 0. The van der Waals surface area contributed by atoms with Crippen LogP contribution in [0.5, 0.6) is 0 Å². The van der Waals surface area contributed by atoms with E-state index < -0.39 is 0 Å². The smallest absolute Gasteiger partial charge is 0.0624 e. The third-order valence-corrected chi connectivity index (χ3v) is 5.27. The Labute approximate surface area is 133 Å². The Hall–Kier alpha value is -0.240. The first-order chi connectivity index (χ1) is 9.72. The molecule has 1 aromatic rings. The highest BCUT2D eigenvalue weighted by Crippen LogP contribution is 2.35. The van der Waals surface area contributed by atoms with Gasteiger partial charge in [-0.2, -0.15) is 0 Å². The molecule has 1 N–H and O–H groups in total. The van der Waals surface area contributed by atoms with Crippen molar-refractivity contribution < 1.29 is 0 Å². The summed E-state index contributed by atoms with van der Waals surface area (Å²) in [5.74, 6) is 1.52. The Balaban J connectivity index is 1.99. The van der Waals surface area contributed by atoms with Crippen molar-refractivity contribution in [2.45, 2.75) is 45.4 Å². The van der Waals surface area contributed by atoms with E-state index >= 15 is 0 Å². The lowest BCUT2D eigenvalue weighted by atomic mass is 9.76. The average Bonchev–Trinajstić information content (AvgIpc) is 2.46. The fraction of sp³-hybridized carbons (Fsp3) is 0.647. The summed E-state index contributed by atoms with van der Waals surface area (Å²) in [6.07, 6.45) is 7.67. The van der Waals surface area contributed by atoms with Crippen molar-refractivity contribution in [3.05, 3.63) is 33.8 Å². The van der Waals surface area contributed by atoms with Crippen LogP contribution < -0.4 is 5.32 Å². The lowest BCUT2D eigenvalue weighted by molar-refractivity contribution is 0.229. The molecule has 0 radical (unpaired) electrons. The minimum Gasteiger partial charge on any atom is -0.316 e. The molecular formula is C17H25Cl2N. The minimum absolute atomic E-state index is 0.681. The number of rotatable bonds is 6. The summed E-state index contributed by atoms with van der Waals surface area (Å²) >= 11 is 12.5. The molecule has 3 heteroatoms. The van der Waals surface area contributed by atoms with Crippen LogP contribution in [0.1, 0.15) is 44.6 Å². The van der Waals surface area contributed by atoms with Gasteiger partial charge < -0.3 is 5.32 Å². The number of halogens is 2. The Kier molecular flexibility index (Phi) is 6.67. The molecule has 112 valence electrons. The van der Waals surface area contributed by atoms with E-state index in [-0.39, 0.29) is 0 Å². The molecule has 1 nitrogen and oxygen atoms in total. The monoisotopic (exact) mass is 313 g/mol. The summed E-state index contributed by atoms with van der Waals surface area (Å²) < 4.78 is 0. The summed E-state index contributed by atoms with van der Waals surface area (Å²) in [5.41, 5.74) is 1.21. The molecule has 0 spiro atoms. The van der Waals surface area contributed by atoms with Crippen LogP contribution in [-0.2, 0) is 6.42 Å². The van der Waals surface area contributed by atoms with E-state index in [4.69, 9.17) is 23.2 Å². The molecule has 1 aromatic carbocycles. The van der Waals surface area contributed by atoms with Crippen LogP contribution in [0.25, 0.3) is 0 Å². The summed E-state index contributed by atoms with van der Waals surface area (Å²) in [6, 6.07) is 6.00. The first-order valence-electron chi connectivity index (χ1n) is 7.86. The fourth-order valence-corrected chi connectivity index (χ4v) is 3.67.